The van der Waals surface area contributed by atoms with E-state index in [0.29, 0.717) is 30.6 Å². The number of aliphatic hydroxyl groups is 1. The normalized spacial score (nSPS) is 45.2. The van der Waals surface area contributed by atoms with Crippen molar-refractivity contribution in [3.8, 4) is 0 Å². The molecule has 1 N–H and O–H groups in total. The van der Waals surface area contributed by atoms with E-state index in [9.17, 15) is 19.5 Å². The number of halogens is 1. The number of Topliss-reactive ketones (excluding diaryl/α,β-unsaturated/α-hetero) is 2. The molecular formula is C25H35ClO4. The molecule has 3 saturated carbocycles. The van der Waals surface area contributed by atoms with Gasteiger partial charge in [0.2, 0.25) is 0 Å². The van der Waals surface area contributed by atoms with E-state index in [1.54, 1.807) is 0 Å². The maximum Gasteiger partial charge on any atom is 0.198 e. The summed E-state index contributed by atoms with van der Waals surface area (Å²) < 4.78 is 0. The Bertz CT molecular complexity index is 788. The van der Waals surface area contributed by atoms with E-state index < -0.39 is 5.78 Å². The van der Waals surface area contributed by atoms with Gasteiger partial charge in [0, 0.05) is 19.3 Å². The Morgan fingerprint density at radius 2 is 1.93 bits per heavy atom. The van der Waals surface area contributed by atoms with Gasteiger partial charge in [-0.3, -0.25) is 14.4 Å². The number of ketones is 3. The van der Waals surface area contributed by atoms with Crippen LogP contribution in [0.1, 0.15) is 78.6 Å². The second kappa shape index (κ2) is 7.85. The van der Waals surface area contributed by atoms with E-state index >= 15 is 0 Å². The summed E-state index contributed by atoms with van der Waals surface area (Å²) in [4.78, 5) is 35.7. The molecule has 4 aliphatic carbocycles. The maximum atomic E-state index is 12.9. The first kappa shape index (κ1) is 22.2. The fraction of sp³-hybridized carbons (Fsp3) is 0.800. The van der Waals surface area contributed by atoms with Crippen molar-refractivity contribution in [2.45, 2.75) is 90.0 Å². The molecule has 0 saturated heterocycles. The topological polar surface area (TPSA) is 71.4 Å². The number of hydrogen-bond acceptors (Lipinski definition) is 4. The maximum absolute atomic E-state index is 12.9. The van der Waals surface area contributed by atoms with E-state index in [4.69, 9.17) is 11.6 Å². The number of hydrogen-bond donors (Lipinski definition) is 1. The van der Waals surface area contributed by atoms with E-state index in [2.05, 4.69) is 13.8 Å². The molecule has 0 aliphatic heterocycles. The van der Waals surface area contributed by atoms with Gasteiger partial charge in [-0.1, -0.05) is 13.8 Å². The predicted molar refractivity (Wildman–Crippen MR) is 116 cm³/mol. The van der Waals surface area contributed by atoms with Crippen LogP contribution in [-0.4, -0.2) is 33.9 Å². The summed E-state index contributed by atoms with van der Waals surface area (Å²) in [5.41, 5.74) is 1.04. The molecular weight excluding hydrogens is 400 g/mol. The molecule has 166 valence electrons. The van der Waals surface area contributed by atoms with Crippen molar-refractivity contribution in [2.75, 3.05) is 0 Å². The zero-order chi connectivity index (χ0) is 21.8. The number of fused-ring (bicyclic) bond motifs is 5. The smallest absolute Gasteiger partial charge is 0.198 e. The first-order valence-corrected chi connectivity index (χ1v) is 12.1. The standard InChI is InChI=1S/C25H35ClO4/c1-14(27)21(28)6-4-5-15-13-25(3)18-9-10-24(2)17(7-8-23(24)30)16(18)11-20(26)19(25)12-22(15)29/h12,15-18,20,23,30H,4-11,13H2,1-3H3/t15?,16-,17-,18-,20?,23-,24-,25+/m0/s1. The first-order chi connectivity index (χ1) is 14.1. The molecule has 4 nitrogen and oxygen atoms in total. The SMILES string of the molecule is CC(=O)C(=O)CCCC1C[C@@]2(C)C(=CC1=O)C(Cl)C[C@H]1[C@@H]3CC[C@H](O)[C@@]3(C)CC[C@@H]12. The number of carbonyl (C=O) groups excluding carboxylic acids is 3. The molecule has 30 heavy (non-hydrogen) atoms. The van der Waals surface area contributed by atoms with Gasteiger partial charge in [0.25, 0.3) is 0 Å². The van der Waals surface area contributed by atoms with Crippen LogP contribution in [0.25, 0.3) is 0 Å². The molecule has 4 rings (SSSR count). The van der Waals surface area contributed by atoms with Gasteiger partial charge in [0.15, 0.2) is 17.3 Å². The Hall–Kier alpha value is -1.00. The quantitative estimate of drug-likeness (QED) is 0.505. The molecule has 2 unspecified atom stereocenters. The van der Waals surface area contributed by atoms with Crippen LogP contribution in [0.3, 0.4) is 0 Å². The van der Waals surface area contributed by atoms with E-state index in [-0.39, 0.29) is 46.2 Å². The molecule has 0 spiro atoms. The monoisotopic (exact) mass is 434 g/mol. The van der Waals surface area contributed by atoms with Crippen LogP contribution in [0.2, 0.25) is 0 Å². The van der Waals surface area contributed by atoms with Crippen LogP contribution in [-0.2, 0) is 14.4 Å². The van der Waals surface area contributed by atoms with Gasteiger partial charge in [-0.15, -0.1) is 11.6 Å². The van der Waals surface area contributed by atoms with Crippen molar-refractivity contribution in [2.24, 2.45) is 34.5 Å². The van der Waals surface area contributed by atoms with Crippen LogP contribution in [0.15, 0.2) is 11.6 Å². The Morgan fingerprint density at radius 1 is 1.20 bits per heavy atom. The summed E-state index contributed by atoms with van der Waals surface area (Å²) in [5, 5.41) is 10.5. The first-order valence-electron chi connectivity index (χ1n) is 11.7. The summed E-state index contributed by atoms with van der Waals surface area (Å²) in [6.07, 6.45) is 8.88. The molecule has 0 aromatic rings. The molecule has 0 aromatic carbocycles. The fourth-order valence-corrected chi connectivity index (χ4v) is 8.17. The molecule has 0 bridgehead atoms. The van der Waals surface area contributed by atoms with Crippen molar-refractivity contribution in [1.82, 2.24) is 0 Å². The van der Waals surface area contributed by atoms with Crippen molar-refractivity contribution in [3.63, 3.8) is 0 Å². The molecule has 3 fully saturated rings. The van der Waals surface area contributed by atoms with Crippen LogP contribution >= 0.6 is 11.6 Å². The average molecular weight is 435 g/mol. The van der Waals surface area contributed by atoms with Gasteiger partial charge in [-0.05, 0) is 91.6 Å². The lowest BCUT2D eigenvalue weighted by Crippen LogP contribution is -2.54. The van der Waals surface area contributed by atoms with E-state index in [1.807, 2.05) is 6.08 Å². The third-order valence-corrected chi connectivity index (χ3v) is 9.81. The van der Waals surface area contributed by atoms with Crippen molar-refractivity contribution >= 4 is 29.0 Å². The summed E-state index contributed by atoms with van der Waals surface area (Å²) >= 11 is 6.90. The van der Waals surface area contributed by atoms with Gasteiger partial charge in [-0.2, -0.15) is 0 Å². The van der Waals surface area contributed by atoms with Crippen LogP contribution in [0, 0.1) is 34.5 Å². The minimum atomic E-state index is -0.400. The third-order valence-electron chi connectivity index (χ3n) is 9.40. The Kier molecular flexibility index (Phi) is 5.81. The van der Waals surface area contributed by atoms with Crippen LogP contribution in [0.4, 0.5) is 0 Å². The highest BCUT2D eigenvalue weighted by molar-refractivity contribution is 6.36. The molecule has 5 heteroatoms. The van der Waals surface area contributed by atoms with Crippen molar-refractivity contribution in [1.29, 1.82) is 0 Å². The van der Waals surface area contributed by atoms with E-state index in [1.165, 1.54) is 6.92 Å². The second-order valence-corrected chi connectivity index (χ2v) is 11.4. The van der Waals surface area contributed by atoms with Gasteiger partial charge in [-0.25, -0.2) is 0 Å². The lowest BCUT2D eigenvalue weighted by atomic mass is 9.46. The van der Waals surface area contributed by atoms with Gasteiger partial charge >= 0.3 is 0 Å². The summed E-state index contributed by atoms with van der Waals surface area (Å²) in [7, 11) is 0. The Balaban J connectivity index is 1.55. The fourth-order valence-electron chi connectivity index (χ4n) is 7.65. The molecule has 0 amide bonds. The van der Waals surface area contributed by atoms with Crippen molar-refractivity contribution < 1.29 is 19.5 Å². The predicted octanol–water partition coefficient (Wildman–Crippen LogP) is 4.65. The Morgan fingerprint density at radius 3 is 2.63 bits per heavy atom. The molecule has 8 atom stereocenters. The number of carbonyl (C=O) groups is 3. The summed E-state index contributed by atoms with van der Waals surface area (Å²) in [6, 6.07) is 0. The number of allylic oxidation sites excluding steroid dienone is 1. The van der Waals surface area contributed by atoms with Gasteiger partial charge < -0.3 is 5.11 Å². The lowest BCUT2D eigenvalue weighted by Gasteiger charge is -2.59. The van der Waals surface area contributed by atoms with Crippen LogP contribution < -0.4 is 0 Å². The summed E-state index contributed by atoms with van der Waals surface area (Å²) in [6.45, 7) is 5.88. The largest absolute Gasteiger partial charge is 0.393 e. The molecule has 0 radical (unpaired) electrons. The van der Waals surface area contributed by atoms with Gasteiger partial charge in [0.05, 0.1) is 11.5 Å². The van der Waals surface area contributed by atoms with Crippen LogP contribution in [0.5, 0.6) is 0 Å². The molecule has 0 aromatic heterocycles. The highest BCUT2D eigenvalue weighted by Gasteiger charge is 2.60. The minimum Gasteiger partial charge on any atom is -0.393 e. The summed E-state index contributed by atoms with van der Waals surface area (Å²) in [5.74, 6) is 0.807. The minimum absolute atomic E-state index is 0.00624. The Labute approximate surface area is 184 Å². The number of rotatable bonds is 5. The number of aliphatic hydroxyl groups excluding tert-OH is 1. The van der Waals surface area contributed by atoms with Gasteiger partial charge in [0.1, 0.15) is 0 Å². The third kappa shape index (κ3) is 3.43. The average Bonchev–Trinajstić information content (AvgIpc) is 2.98. The molecule has 4 aliphatic rings. The van der Waals surface area contributed by atoms with E-state index in [0.717, 1.165) is 44.1 Å². The highest BCUT2D eigenvalue weighted by Crippen LogP contribution is 2.66. The lowest BCUT2D eigenvalue weighted by molar-refractivity contribution is -0.135. The zero-order valence-electron chi connectivity index (χ0n) is 18.5. The molecule has 0 heterocycles. The van der Waals surface area contributed by atoms with Crippen molar-refractivity contribution in [3.05, 3.63) is 11.6 Å². The number of alkyl halides is 1. The highest BCUT2D eigenvalue weighted by atomic mass is 35.5. The zero-order valence-corrected chi connectivity index (χ0v) is 19.2. The second-order valence-electron chi connectivity index (χ2n) is 10.9.